The van der Waals surface area contributed by atoms with Gasteiger partial charge in [0.1, 0.15) is 6.10 Å². The van der Waals surface area contributed by atoms with Gasteiger partial charge in [0, 0.05) is 6.42 Å². The lowest BCUT2D eigenvalue weighted by molar-refractivity contribution is -0.151. The predicted molar refractivity (Wildman–Crippen MR) is 301 cm³/mol. The Bertz CT molecular complexity index is 1130. The quantitative estimate of drug-likeness (QED) is 0.0244. The number of carbonyl (C=O) groups is 2. The van der Waals surface area contributed by atoms with E-state index in [1.807, 2.05) is 0 Å². The molecular weight excluding hydrogens is 851 g/mol. The highest BCUT2D eigenvalue weighted by molar-refractivity contribution is 5.77. The van der Waals surface area contributed by atoms with Gasteiger partial charge in [-0.1, -0.05) is 276 Å². The molecule has 0 aliphatic rings. The van der Waals surface area contributed by atoms with Crippen LogP contribution in [0, 0.1) is 0 Å². The Balaban J connectivity index is 4.55. The van der Waals surface area contributed by atoms with Crippen molar-refractivity contribution in [3.05, 3.63) is 36.5 Å². The van der Waals surface area contributed by atoms with Crippen LogP contribution in [0.3, 0.4) is 0 Å². The molecule has 0 aromatic carbocycles. The average Bonchev–Trinajstić information content (AvgIpc) is 3.34. The van der Waals surface area contributed by atoms with Crippen LogP contribution in [0.1, 0.15) is 329 Å². The molecule has 6 heteroatoms. The highest BCUT2D eigenvalue weighted by Gasteiger charge is 2.24. The van der Waals surface area contributed by atoms with Gasteiger partial charge >= 0.3 is 5.97 Å². The predicted octanol–water partition coefficient (Wildman–Crippen LogP) is 19.2. The molecule has 1 amide bonds. The maximum atomic E-state index is 13.3. The number of amides is 1. The molecule has 406 valence electrons. The number of ether oxygens (including phenoxy) is 1. The summed E-state index contributed by atoms with van der Waals surface area (Å²) in [5.41, 5.74) is 0. The molecule has 0 aliphatic carbocycles. The number of unbranched alkanes of at least 4 members (excludes halogenated alkanes) is 39. The number of aliphatic hydroxyl groups is 2. The molecule has 6 nitrogen and oxygen atoms in total. The van der Waals surface area contributed by atoms with Crippen LogP contribution in [0.4, 0.5) is 0 Å². The highest BCUT2D eigenvalue weighted by atomic mass is 16.5. The van der Waals surface area contributed by atoms with E-state index in [4.69, 9.17) is 4.74 Å². The highest BCUT2D eigenvalue weighted by Crippen LogP contribution is 2.18. The molecule has 69 heavy (non-hydrogen) atoms. The summed E-state index contributed by atoms with van der Waals surface area (Å²) < 4.78 is 5.97. The zero-order chi connectivity index (χ0) is 50.2. The summed E-state index contributed by atoms with van der Waals surface area (Å²) in [6, 6.07) is -0.710. The second-order valence-electron chi connectivity index (χ2n) is 21.1. The smallest absolute Gasteiger partial charge is 0.306 e. The monoisotopic (exact) mass is 970 g/mol. The Hall–Kier alpha value is -1.92. The fourth-order valence-corrected chi connectivity index (χ4v) is 9.54. The van der Waals surface area contributed by atoms with Gasteiger partial charge in [0.2, 0.25) is 5.91 Å². The van der Waals surface area contributed by atoms with Crippen molar-refractivity contribution in [1.82, 2.24) is 5.32 Å². The second kappa shape index (κ2) is 57.0. The number of hydrogen-bond acceptors (Lipinski definition) is 5. The van der Waals surface area contributed by atoms with Crippen LogP contribution in [0.25, 0.3) is 0 Å². The number of allylic oxidation sites excluding steroid dienone is 6. The first-order valence-corrected chi connectivity index (χ1v) is 30.7. The van der Waals surface area contributed by atoms with Gasteiger partial charge in [-0.15, -0.1) is 0 Å². The van der Waals surface area contributed by atoms with E-state index in [0.29, 0.717) is 19.3 Å². The molecule has 0 rings (SSSR count). The Morgan fingerprint density at radius 3 is 1.13 bits per heavy atom. The number of rotatable bonds is 56. The Labute approximate surface area is 430 Å². The summed E-state index contributed by atoms with van der Waals surface area (Å²) in [6.07, 6.45) is 69.3. The number of hydrogen-bond donors (Lipinski definition) is 3. The maximum absolute atomic E-state index is 13.3. The summed E-state index contributed by atoms with van der Waals surface area (Å²) in [5, 5.41) is 23.9. The van der Waals surface area contributed by atoms with Crippen LogP contribution < -0.4 is 5.32 Å². The standard InChI is InChI=1S/C63H119NO5/c1-4-7-10-13-16-19-22-25-28-30-31-32-35-38-41-44-47-50-53-56-63(68)69-59(54-51-48-45-42-39-36-34-29-26-23-20-17-14-11-8-5-2)57-62(67)64-60(58-65)61(66)55-52-49-46-43-40-37-33-27-24-21-18-15-12-9-6-3/h25,28-29,34,36,39,59-61,65-66H,4-24,26-27,30-33,35,37-38,40-58H2,1-3H3,(H,64,67)/b28-25+,34-29+,39-36+. The molecule has 3 atom stereocenters. The third kappa shape index (κ3) is 52.2. The van der Waals surface area contributed by atoms with Crippen molar-refractivity contribution >= 4 is 11.9 Å². The Morgan fingerprint density at radius 2 is 0.739 bits per heavy atom. The maximum Gasteiger partial charge on any atom is 0.306 e. The van der Waals surface area contributed by atoms with E-state index >= 15 is 0 Å². The Kier molecular flexibility index (Phi) is 55.4. The van der Waals surface area contributed by atoms with Gasteiger partial charge in [-0.3, -0.25) is 9.59 Å². The molecule has 0 bridgehead atoms. The SMILES string of the molecule is CCCCCCCC/C=C/CCCCCCCCCCCC(=O)OC(CCCCC/C=C/C=C/CCCCCCCCC)CC(=O)NC(CO)C(O)CCCCCCCCCCCCCCCCC. The third-order valence-electron chi connectivity index (χ3n) is 14.2. The zero-order valence-corrected chi connectivity index (χ0v) is 46.5. The summed E-state index contributed by atoms with van der Waals surface area (Å²) in [6.45, 7) is 6.51. The van der Waals surface area contributed by atoms with Crippen molar-refractivity contribution in [2.45, 2.75) is 347 Å². The summed E-state index contributed by atoms with van der Waals surface area (Å²) in [4.78, 5) is 26.3. The molecule has 0 aromatic heterocycles. The molecular formula is C63H119NO5. The van der Waals surface area contributed by atoms with Crippen LogP contribution >= 0.6 is 0 Å². The molecule has 0 saturated carbocycles. The third-order valence-corrected chi connectivity index (χ3v) is 14.2. The summed E-state index contributed by atoms with van der Waals surface area (Å²) in [7, 11) is 0. The van der Waals surface area contributed by atoms with Crippen molar-refractivity contribution in [2.75, 3.05) is 6.61 Å². The van der Waals surface area contributed by atoms with Gasteiger partial charge in [-0.2, -0.15) is 0 Å². The van der Waals surface area contributed by atoms with E-state index in [0.717, 1.165) is 70.6 Å². The molecule has 0 aliphatic heterocycles. The van der Waals surface area contributed by atoms with Gasteiger partial charge < -0.3 is 20.3 Å². The first kappa shape index (κ1) is 67.1. The van der Waals surface area contributed by atoms with Gasteiger partial charge in [-0.05, 0) is 77.0 Å². The number of carbonyl (C=O) groups excluding carboxylic acids is 2. The Morgan fingerprint density at radius 1 is 0.420 bits per heavy atom. The summed E-state index contributed by atoms with van der Waals surface area (Å²) in [5.74, 6) is -0.486. The molecule has 0 aromatic rings. The van der Waals surface area contributed by atoms with Gasteiger partial charge in [-0.25, -0.2) is 0 Å². The minimum Gasteiger partial charge on any atom is -0.462 e. The lowest BCUT2D eigenvalue weighted by atomic mass is 10.0. The molecule has 0 fully saturated rings. The number of esters is 1. The van der Waals surface area contributed by atoms with Crippen molar-refractivity contribution in [3.8, 4) is 0 Å². The van der Waals surface area contributed by atoms with Gasteiger partial charge in [0.25, 0.3) is 0 Å². The molecule has 3 unspecified atom stereocenters. The lowest BCUT2D eigenvalue weighted by Crippen LogP contribution is -2.46. The first-order chi connectivity index (χ1) is 34.0. The van der Waals surface area contributed by atoms with Crippen LogP contribution in [0.2, 0.25) is 0 Å². The van der Waals surface area contributed by atoms with Crippen molar-refractivity contribution in [3.63, 3.8) is 0 Å². The molecule has 0 spiro atoms. The first-order valence-electron chi connectivity index (χ1n) is 30.7. The zero-order valence-electron chi connectivity index (χ0n) is 46.5. The largest absolute Gasteiger partial charge is 0.462 e. The minimum absolute atomic E-state index is 0.0623. The van der Waals surface area contributed by atoms with E-state index in [2.05, 4.69) is 62.5 Å². The van der Waals surface area contributed by atoms with E-state index in [-0.39, 0.29) is 24.9 Å². The van der Waals surface area contributed by atoms with Crippen molar-refractivity contribution < 1.29 is 24.5 Å². The van der Waals surface area contributed by atoms with E-state index in [9.17, 15) is 19.8 Å². The van der Waals surface area contributed by atoms with Gasteiger partial charge in [0.05, 0.1) is 25.2 Å². The molecule has 0 heterocycles. The van der Waals surface area contributed by atoms with E-state index in [1.54, 1.807) is 0 Å². The second-order valence-corrected chi connectivity index (χ2v) is 21.1. The molecule has 0 saturated heterocycles. The van der Waals surface area contributed by atoms with Crippen LogP contribution in [0.15, 0.2) is 36.5 Å². The van der Waals surface area contributed by atoms with Crippen molar-refractivity contribution in [1.29, 1.82) is 0 Å². The molecule has 0 radical (unpaired) electrons. The number of nitrogens with one attached hydrogen (secondary N) is 1. The summed E-state index contributed by atoms with van der Waals surface area (Å²) >= 11 is 0. The number of aliphatic hydroxyl groups excluding tert-OH is 2. The van der Waals surface area contributed by atoms with Crippen LogP contribution in [0.5, 0.6) is 0 Å². The van der Waals surface area contributed by atoms with Crippen molar-refractivity contribution in [2.24, 2.45) is 0 Å². The minimum atomic E-state index is -0.795. The average molecular weight is 971 g/mol. The molecule has 3 N–H and O–H groups in total. The van der Waals surface area contributed by atoms with E-state index in [1.165, 1.54) is 212 Å². The fourth-order valence-electron chi connectivity index (χ4n) is 9.54. The fraction of sp³-hybridized carbons (Fsp3) is 0.873. The lowest BCUT2D eigenvalue weighted by Gasteiger charge is -2.24. The van der Waals surface area contributed by atoms with Crippen LogP contribution in [-0.4, -0.2) is 46.9 Å². The van der Waals surface area contributed by atoms with Crippen LogP contribution in [-0.2, 0) is 14.3 Å². The van der Waals surface area contributed by atoms with E-state index < -0.39 is 18.2 Å². The topological polar surface area (TPSA) is 95.9 Å². The normalized spacial score (nSPS) is 13.3. The van der Waals surface area contributed by atoms with Gasteiger partial charge in [0.15, 0.2) is 0 Å².